The van der Waals surface area contributed by atoms with Gasteiger partial charge < -0.3 is 10.0 Å². The molecular formula is C13H16BrNO2. The minimum absolute atomic E-state index is 0.376. The number of rotatable bonds is 2. The summed E-state index contributed by atoms with van der Waals surface area (Å²) in [6.07, 6.45) is 3.50. The van der Waals surface area contributed by atoms with Crippen LogP contribution >= 0.6 is 15.9 Å². The molecule has 0 amide bonds. The van der Waals surface area contributed by atoms with Gasteiger partial charge in [-0.05, 0) is 54.2 Å². The average molecular weight is 298 g/mol. The van der Waals surface area contributed by atoms with Crippen LogP contribution in [0.5, 0.6) is 0 Å². The summed E-state index contributed by atoms with van der Waals surface area (Å²) in [6.45, 7) is 3.10. The van der Waals surface area contributed by atoms with Gasteiger partial charge >= 0.3 is 5.97 Å². The maximum atomic E-state index is 11.3. The third kappa shape index (κ3) is 2.46. The number of carboxylic acid groups (broad SMARTS) is 1. The number of piperidine rings is 1. The van der Waals surface area contributed by atoms with Gasteiger partial charge in [-0.1, -0.05) is 6.07 Å². The van der Waals surface area contributed by atoms with E-state index in [1.54, 1.807) is 6.07 Å². The van der Waals surface area contributed by atoms with Crippen molar-refractivity contribution in [2.45, 2.75) is 32.2 Å². The van der Waals surface area contributed by atoms with Crippen LogP contribution in [-0.4, -0.2) is 23.7 Å². The van der Waals surface area contributed by atoms with Crippen molar-refractivity contribution >= 4 is 27.6 Å². The molecular weight excluding hydrogens is 282 g/mol. The SMILES string of the molecule is CC1CCCCN1c1cccc(Br)c1C(=O)O. The van der Waals surface area contributed by atoms with Crippen LogP contribution in [0.2, 0.25) is 0 Å². The molecule has 1 unspecified atom stereocenters. The Morgan fingerprint density at radius 2 is 2.24 bits per heavy atom. The molecule has 1 aliphatic heterocycles. The molecule has 1 saturated heterocycles. The maximum absolute atomic E-state index is 11.3. The number of hydrogen-bond donors (Lipinski definition) is 1. The van der Waals surface area contributed by atoms with E-state index in [1.165, 1.54) is 6.42 Å². The number of carboxylic acids is 1. The summed E-state index contributed by atoms with van der Waals surface area (Å²) in [5.41, 5.74) is 1.21. The molecule has 0 bridgehead atoms. The first-order chi connectivity index (χ1) is 8.11. The van der Waals surface area contributed by atoms with E-state index in [-0.39, 0.29) is 0 Å². The summed E-state index contributed by atoms with van der Waals surface area (Å²) in [4.78, 5) is 13.5. The molecule has 0 aliphatic carbocycles. The molecule has 1 fully saturated rings. The molecule has 1 aromatic rings. The summed E-state index contributed by atoms with van der Waals surface area (Å²) in [6, 6.07) is 5.99. The van der Waals surface area contributed by atoms with Crippen LogP contribution < -0.4 is 4.90 Å². The Bertz CT molecular complexity index is 433. The zero-order valence-electron chi connectivity index (χ0n) is 9.82. The molecule has 0 aromatic heterocycles. The highest BCUT2D eigenvalue weighted by molar-refractivity contribution is 9.10. The summed E-state index contributed by atoms with van der Waals surface area (Å²) in [7, 11) is 0. The van der Waals surface area contributed by atoms with E-state index in [0.29, 0.717) is 16.1 Å². The Morgan fingerprint density at radius 1 is 1.47 bits per heavy atom. The van der Waals surface area contributed by atoms with E-state index in [1.807, 2.05) is 12.1 Å². The second-order valence-corrected chi connectivity index (χ2v) is 5.33. The number of aromatic carboxylic acids is 1. The van der Waals surface area contributed by atoms with Crippen LogP contribution in [0.15, 0.2) is 22.7 Å². The second kappa shape index (κ2) is 5.08. The van der Waals surface area contributed by atoms with Gasteiger partial charge in [0.1, 0.15) is 0 Å². The molecule has 0 spiro atoms. The fourth-order valence-electron chi connectivity index (χ4n) is 2.42. The normalized spacial score (nSPS) is 20.4. The van der Waals surface area contributed by atoms with Gasteiger partial charge in [0.05, 0.1) is 11.3 Å². The fraction of sp³-hybridized carbons (Fsp3) is 0.462. The highest BCUT2D eigenvalue weighted by atomic mass is 79.9. The Kier molecular flexibility index (Phi) is 3.72. The van der Waals surface area contributed by atoms with Gasteiger partial charge in [-0.15, -0.1) is 0 Å². The molecule has 92 valence electrons. The standard InChI is InChI=1S/C13H16BrNO2/c1-9-5-2-3-8-15(9)11-7-4-6-10(14)12(11)13(16)17/h4,6-7,9H,2-3,5,8H2,1H3,(H,16,17). The molecule has 1 heterocycles. The molecule has 4 heteroatoms. The van der Waals surface area contributed by atoms with Gasteiger partial charge in [-0.3, -0.25) is 0 Å². The highest BCUT2D eigenvalue weighted by Crippen LogP contribution is 2.32. The first-order valence-corrected chi connectivity index (χ1v) is 6.69. The largest absolute Gasteiger partial charge is 0.478 e. The number of anilines is 1. The molecule has 17 heavy (non-hydrogen) atoms. The van der Waals surface area contributed by atoms with Crippen molar-refractivity contribution in [3.05, 3.63) is 28.2 Å². The lowest BCUT2D eigenvalue weighted by molar-refractivity contribution is 0.0696. The highest BCUT2D eigenvalue weighted by Gasteiger charge is 2.24. The second-order valence-electron chi connectivity index (χ2n) is 4.48. The van der Waals surface area contributed by atoms with Gasteiger partial charge in [-0.2, -0.15) is 0 Å². The van der Waals surface area contributed by atoms with Crippen LogP contribution in [0.3, 0.4) is 0 Å². The lowest BCUT2D eigenvalue weighted by Gasteiger charge is -2.36. The number of carbonyl (C=O) groups is 1. The summed E-state index contributed by atoms with van der Waals surface area (Å²) in [5, 5.41) is 9.31. The number of halogens is 1. The molecule has 3 nitrogen and oxygen atoms in total. The summed E-state index contributed by atoms with van der Waals surface area (Å²) < 4.78 is 0.653. The summed E-state index contributed by atoms with van der Waals surface area (Å²) in [5.74, 6) is -0.870. The van der Waals surface area contributed by atoms with E-state index >= 15 is 0 Å². The maximum Gasteiger partial charge on any atom is 0.338 e. The van der Waals surface area contributed by atoms with Crippen LogP contribution in [-0.2, 0) is 0 Å². The minimum Gasteiger partial charge on any atom is -0.478 e. The first kappa shape index (κ1) is 12.4. The molecule has 1 atom stereocenters. The Morgan fingerprint density at radius 3 is 2.88 bits per heavy atom. The number of hydrogen-bond acceptors (Lipinski definition) is 2. The van der Waals surface area contributed by atoms with Gasteiger partial charge in [0.15, 0.2) is 0 Å². The van der Waals surface area contributed by atoms with Crippen molar-refractivity contribution in [3.8, 4) is 0 Å². The van der Waals surface area contributed by atoms with E-state index in [0.717, 1.165) is 25.1 Å². The Labute approximate surface area is 110 Å². The van der Waals surface area contributed by atoms with Crippen LogP contribution in [0.1, 0.15) is 36.5 Å². The number of nitrogens with zero attached hydrogens (tertiary/aromatic N) is 1. The van der Waals surface area contributed by atoms with Crippen LogP contribution in [0.4, 0.5) is 5.69 Å². The lowest BCUT2D eigenvalue weighted by Crippen LogP contribution is -2.38. The van der Waals surface area contributed by atoms with Gasteiger partial charge in [0, 0.05) is 17.1 Å². The minimum atomic E-state index is -0.870. The monoisotopic (exact) mass is 297 g/mol. The molecule has 2 rings (SSSR count). The third-order valence-electron chi connectivity index (χ3n) is 3.32. The molecule has 1 N–H and O–H groups in total. The van der Waals surface area contributed by atoms with Gasteiger partial charge in [-0.25, -0.2) is 4.79 Å². The van der Waals surface area contributed by atoms with Crippen molar-refractivity contribution in [1.82, 2.24) is 0 Å². The molecule has 0 saturated carbocycles. The first-order valence-electron chi connectivity index (χ1n) is 5.89. The third-order valence-corrected chi connectivity index (χ3v) is 3.98. The van der Waals surface area contributed by atoms with Gasteiger partial charge in [0.2, 0.25) is 0 Å². The quantitative estimate of drug-likeness (QED) is 0.908. The molecule has 0 radical (unpaired) electrons. The fourth-order valence-corrected chi connectivity index (χ4v) is 2.95. The summed E-state index contributed by atoms with van der Waals surface area (Å²) >= 11 is 3.33. The predicted molar refractivity (Wildman–Crippen MR) is 71.8 cm³/mol. The Balaban J connectivity index is 2.43. The molecule has 1 aromatic carbocycles. The van der Waals surface area contributed by atoms with E-state index in [2.05, 4.69) is 27.8 Å². The molecule has 1 aliphatic rings. The topological polar surface area (TPSA) is 40.5 Å². The Hall–Kier alpha value is -1.03. The van der Waals surface area contributed by atoms with Crippen molar-refractivity contribution in [2.24, 2.45) is 0 Å². The zero-order chi connectivity index (χ0) is 12.4. The zero-order valence-corrected chi connectivity index (χ0v) is 11.4. The van der Waals surface area contributed by atoms with Crippen LogP contribution in [0, 0.1) is 0 Å². The van der Waals surface area contributed by atoms with Crippen molar-refractivity contribution in [3.63, 3.8) is 0 Å². The van der Waals surface area contributed by atoms with Crippen molar-refractivity contribution < 1.29 is 9.90 Å². The predicted octanol–water partition coefficient (Wildman–Crippen LogP) is 3.53. The van der Waals surface area contributed by atoms with Gasteiger partial charge in [0.25, 0.3) is 0 Å². The average Bonchev–Trinajstić information content (AvgIpc) is 2.28. The smallest absolute Gasteiger partial charge is 0.338 e. The van der Waals surface area contributed by atoms with Crippen molar-refractivity contribution in [2.75, 3.05) is 11.4 Å². The van der Waals surface area contributed by atoms with Crippen LogP contribution in [0.25, 0.3) is 0 Å². The van der Waals surface area contributed by atoms with E-state index in [9.17, 15) is 9.90 Å². The van der Waals surface area contributed by atoms with Crippen molar-refractivity contribution in [1.29, 1.82) is 0 Å². The lowest BCUT2D eigenvalue weighted by atomic mass is 10.0. The number of benzene rings is 1. The van der Waals surface area contributed by atoms with E-state index in [4.69, 9.17) is 0 Å². The van der Waals surface area contributed by atoms with E-state index < -0.39 is 5.97 Å².